The molecule has 0 bridgehead atoms. The van der Waals surface area contributed by atoms with Gasteiger partial charge in [0, 0.05) is 6.92 Å². The van der Waals surface area contributed by atoms with Crippen LogP contribution in [0.25, 0.3) is 0 Å². The number of carbonyl (C=O) groups excluding carboxylic acids is 2. The molecular weight excluding hydrogens is 182 g/mol. The molecule has 0 saturated heterocycles. The number of benzene rings is 1. The smallest absolute Gasteiger partial charge is 0.330 e. The van der Waals surface area contributed by atoms with Crippen molar-refractivity contribution in [3.8, 4) is 5.75 Å². The number of hydrogen-bond donors (Lipinski definition) is 1. The van der Waals surface area contributed by atoms with Crippen molar-refractivity contribution in [1.82, 2.24) is 5.32 Å². The molecule has 1 amide bonds. The predicted molar refractivity (Wildman–Crippen MR) is 50.8 cm³/mol. The maximum atomic E-state index is 11.1. The van der Waals surface area contributed by atoms with Gasteiger partial charge in [-0.3, -0.25) is 4.79 Å². The molecule has 0 saturated carbocycles. The van der Waals surface area contributed by atoms with E-state index >= 15 is 0 Å². The monoisotopic (exact) mass is 193 g/mol. The number of carbonyl (C=O) groups is 2. The molecule has 0 spiro atoms. The van der Waals surface area contributed by atoms with Gasteiger partial charge in [0.25, 0.3) is 0 Å². The summed E-state index contributed by atoms with van der Waals surface area (Å²) in [6.45, 7) is 1.24. The Kier molecular flexibility index (Phi) is 3.67. The van der Waals surface area contributed by atoms with Crippen molar-refractivity contribution in [2.75, 3.05) is 6.54 Å². The molecule has 0 aliphatic rings. The molecule has 4 heteroatoms. The predicted octanol–water partition coefficient (Wildman–Crippen LogP) is 0.728. The fourth-order valence-electron chi connectivity index (χ4n) is 0.853. The van der Waals surface area contributed by atoms with E-state index in [2.05, 4.69) is 5.32 Å². The highest BCUT2D eigenvalue weighted by Gasteiger charge is 2.04. The molecule has 0 radical (unpaired) electrons. The van der Waals surface area contributed by atoms with E-state index in [1.54, 1.807) is 24.3 Å². The van der Waals surface area contributed by atoms with Gasteiger partial charge in [0.05, 0.1) is 0 Å². The van der Waals surface area contributed by atoms with E-state index in [-0.39, 0.29) is 12.5 Å². The molecule has 0 fully saturated rings. The van der Waals surface area contributed by atoms with E-state index in [1.807, 2.05) is 6.07 Å². The Balaban J connectivity index is 2.38. The van der Waals surface area contributed by atoms with Crippen molar-refractivity contribution in [2.45, 2.75) is 6.92 Å². The van der Waals surface area contributed by atoms with Crippen LogP contribution in [0, 0.1) is 0 Å². The third-order valence-electron chi connectivity index (χ3n) is 1.46. The van der Waals surface area contributed by atoms with Gasteiger partial charge in [0.2, 0.25) is 5.91 Å². The fraction of sp³-hybridized carbons (Fsp3) is 0.200. The molecule has 1 aromatic carbocycles. The number of hydrogen-bond acceptors (Lipinski definition) is 3. The zero-order valence-corrected chi connectivity index (χ0v) is 7.82. The van der Waals surface area contributed by atoms with Gasteiger partial charge in [-0.15, -0.1) is 0 Å². The number of esters is 1. The van der Waals surface area contributed by atoms with E-state index in [0.29, 0.717) is 5.75 Å². The highest BCUT2D eigenvalue weighted by molar-refractivity contribution is 5.81. The summed E-state index contributed by atoms with van der Waals surface area (Å²) in [6.07, 6.45) is 0. The highest BCUT2D eigenvalue weighted by Crippen LogP contribution is 2.07. The molecule has 1 N–H and O–H groups in total. The molecule has 74 valence electrons. The topological polar surface area (TPSA) is 55.4 Å². The summed E-state index contributed by atoms with van der Waals surface area (Å²) in [7, 11) is 0. The maximum Gasteiger partial charge on any atom is 0.330 e. The number of para-hydroxylation sites is 1. The van der Waals surface area contributed by atoms with Crippen LogP contribution in [0.15, 0.2) is 30.3 Å². The summed E-state index contributed by atoms with van der Waals surface area (Å²) >= 11 is 0. The van der Waals surface area contributed by atoms with Gasteiger partial charge in [-0.25, -0.2) is 4.79 Å². The van der Waals surface area contributed by atoms with Gasteiger partial charge >= 0.3 is 5.97 Å². The van der Waals surface area contributed by atoms with Crippen LogP contribution >= 0.6 is 0 Å². The third-order valence-corrected chi connectivity index (χ3v) is 1.46. The molecule has 1 rings (SSSR count). The van der Waals surface area contributed by atoms with Crippen molar-refractivity contribution >= 4 is 11.9 Å². The molecule has 0 aliphatic carbocycles. The van der Waals surface area contributed by atoms with Crippen LogP contribution < -0.4 is 10.1 Å². The Morgan fingerprint density at radius 1 is 1.29 bits per heavy atom. The summed E-state index contributed by atoms with van der Waals surface area (Å²) in [4.78, 5) is 21.6. The third kappa shape index (κ3) is 3.71. The van der Waals surface area contributed by atoms with Crippen LogP contribution in [0.4, 0.5) is 0 Å². The van der Waals surface area contributed by atoms with Gasteiger partial charge in [-0.05, 0) is 12.1 Å². The molecular formula is C10H11NO3. The van der Waals surface area contributed by atoms with Crippen LogP contribution in [-0.4, -0.2) is 18.4 Å². The zero-order valence-electron chi connectivity index (χ0n) is 7.82. The highest BCUT2D eigenvalue weighted by atomic mass is 16.5. The number of amides is 1. The second-order valence-electron chi connectivity index (χ2n) is 2.70. The second kappa shape index (κ2) is 5.01. The molecule has 14 heavy (non-hydrogen) atoms. The van der Waals surface area contributed by atoms with Crippen molar-refractivity contribution < 1.29 is 14.3 Å². The Bertz CT molecular complexity index is 321. The van der Waals surface area contributed by atoms with Gasteiger partial charge in [0.15, 0.2) is 0 Å². The number of ether oxygens (including phenoxy) is 1. The first-order valence-corrected chi connectivity index (χ1v) is 4.18. The molecule has 0 heterocycles. The van der Waals surface area contributed by atoms with Crippen molar-refractivity contribution in [1.29, 1.82) is 0 Å². The Hall–Kier alpha value is -1.84. The molecule has 0 atom stereocenters. The Labute approximate surface area is 81.9 Å². The average Bonchev–Trinajstić information content (AvgIpc) is 2.16. The molecule has 0 aromatic heterocycles. The van der Waals surface area contributed by atoms with E-state index in [9.17, 15) is 9.59 Å². The lowest BCUT2D eigenvalue weighted by Crippen LogP contribution is -2.29. The average molecular weight is 193 g/mol. The van der Waals surface area contributed by atoms with E-state index in [4.69, 9.17) is 4.74 Å². The van der Waals surface area contributed by atoms with Gasteiger partial charge in [-0.1, -0.05) is 18.2 Å². The first-order chi connectivity index (χ1) is 6.68. The zero-order chi connectivity index (χ0) is 10.4. The maximum absolute atomic E-state index is 11.1. The lowest BCUT2D eigenvalue weighted by atomic mass is 10.3. The standard InChI is InChI=1S/C10H11NO3/c1-8(12)11-7-10(13)14-9-5-3-2-4-6-9/h2-6H,7H2,1H3,(H,11,12). The van der Waals surface area contributed by atoms with Gasteiger partial charge in [0.1, 0.15) is 12.3 Å². The summed E-state index contributed by atoms with van der Waals surface area (Å²) in [5.74, 6) is -0.260. The van der Waals surface area contributed by atoms with Crippen molar-refractivity contribution in [2.24, 2.45) is 0 Å². The summed E-state index contributed by atoms with van der Waals surface area (Å²) in [5, 5.41) is 2.35. The minimum absolute atomic E-state index is 0.107. The van der Waals surface area contributed by atoms with Gasteiger partial charge < -0.3 is 10.1 Å². The van der Waals surface area contributed by atoms with Crippen LogP contribution in [0.2, 0.25) is 0 Å². The van der Waals surface area contributed by atoms with E-state index in [0.717, 1.165) is 0 Å². The SMILES string of the molecule is CC(=O)NCC(=O)Oc1ccccc1. The van der Waals surface area contributed by atoms with E-state index < -0.39 is 5.97 Å². The minimum Gasteiger partial charge on any atom is -0.425 e. The quantitative estimate of drug-likeness (QED) is 0.568. The summed E-state index contributed by atoms with van der Waals surface area (Å²) in [5.41, 5.74) is 0. The van der Waals surface area contributed by atoms with Crippen molar-refractivity contribution in [3.63, 3.8) is 0 Å². The Morgan fingerprint density at radius 2 is 1.93 bits per heavy atom. The molecule has 1 aromatic rings. The second-order valence-corrected chi connectivity index (χ2v) is 2.70. The van der Waals surface area contributed by atoms with Crippen LogP contribution in [0.1, 0.15) is 6.92 Å². The molecule has 0 unspecified atom stereocenters. The first-order valence-electron chi connectivity index (χ1n) is 4.18. The van der Waals surface area contributed by atoms with Crippen LogP contribution in [0.5, 0.6) is 5.75 Å². The molecule has 4 nitrogen and oxygen atoms in total. The number of nitrogens with one attached hydrogen (secondary N) is 1. The van der Waals surface area contributed by atoms with Gasteiger partial charge in [-0.2, -0.15) is 0 Å². The van der Waals surface area contributed by atoms with Crippen molar-refractivity contribution in [3.05, 3.63) is 30.3 Å². The lowest BCUT2D eigenvalue weighted by molar-refractivity contribution is -0.135. The normalized spacial score (nSPS) is 9.21. The summed E-state index contributed by atoms with van der Waals surface area (Å²) < 4.78 is 4.91. The fourth-order valence-corrected chi connectivity index (χ4v) is 0.853. The summed E-state index contributed by atoms with van der Waals surface area (Å²) in [6, 6.07) is 8.70. The largest absolute Gasteiger partial charge is 0.425 e. The first kappa shape index (κ1) is 10.2. The van der Waals surface area contributed by atoms with E-state index in [1.165, 1.54) is 6.92 Å². The molecule has 0 aliphatic heterocycles. The van der Waals surface area contributed by atoms with Crippen LogP contribution in [0.3, 0.4) is 0 Å². The lowest BCUT2D eigenvalue weighted by Gasteiger charge is -2.03. The Morgan fingerprint density at radius 3 is 2.50 bits per heavy atom. The number of rotatable bonds is 3. The minimum atomic E-state index is -0.480. The van der Waals surface area contributed by atoms with Crippen LogP contribution in [-0.2, 0) is 9.59 Å².